The lowest BCUT2D eigenvalue weighted by molar-refractivity contribution is -0.132. The minimum absolute atomic E-state index is 0.00333. The van der Waals surface area contributed by atoms with Gasteiger partial charge in [-0.15, -0.1) is 0 Å². The van der Waals surface area contributed by atoms with Crippen molar-refractivity contribution < 1.29 is 24.5 Å². The van der Waals surface area contributed by atoms with Crippen molar-refractivity contribution >= 4 is 23.1 Å². The summed E-state index contributed by atoms with van der Waals surface area (Å²) < 4.78 is 5.64. The molecule has 6 nitrogen and oxygen atoms in total. The predicted octanol–water partition coefficient (Wildman–Crippen LogP) is 4.81. The number of aromatic hydroxyl groups is 1. The number of rotatable bonds is 5. The van der Waals surface area contributed by atoms with Gasteiger partial charge in [-0.25, -0.2) is 0 Å². The van der Waals surface area contributed by atoms with E-state index in [1.807, 2.05) is 19.9 Å². The van der Waals surface area contributed by atoms with Crippen molar-refractivity contribution in [1.29, 1.82) is 0 Å². The number of hydrogen-bond donors (Lipinski definition) is 2. The fourth-order valence-electron chi connectivity index (χ4n) is 3.82. The van der Waals surface area contributed by atoms with E-state index in [0.717, 1.165) is 0 Å². The van der Waals surface area contributed by atoms with Crippen molar-refractivity contribution in [2.45, 2.75) is 26.0 Å². The molecule has 0 saturated carbocycles. The maximum atomic E-state index is 13.1. The Bertz CT molecular complexity index is 1180. The van der Waals surface area contributed by atoms with Gasteiger partial charge >= 0.3 is 0 Å². The van der Waals surface area contributed by atoms with Crippen LogP contribution in [-0.4, -0.2) is 28.0 Å². The number of Topliss-reactive ketones (excluding diaryl/α,β-unsaturated/α-hetero) is 1. The fraction of sp³-hybridized carbons (Fsp3) is 0.154. The maximum Gasteiger partial charge on any atom is 0.300 e. The Morgan fingerprint density at radius 3 is 2.25 bits per heavy atom. The molecule has 162 valence electrons. The number of phenolic OH excluding ortho intramolecular Hbond substituents is 1. The average Bonchev–Trinajstić information content (AvgIpc) is 3.05. The molecule has 0 radical (unpaired) electrons. The Morgan fingerprint density at radius 2 is 1.62 bits per heavy atom. The fourth-order valence-corrected chi connectivity index (χ4v) is 3.82. The van der Waals surface area contributed by atoms with Crippen molar-refractivity contribution in [2.24, 2.45) is 0 Å². The normalized spacial score (nSPS) is 17.7. The summed E-state index contributed by atoms with van der Waals surface area (Å²) in [6.07, 6.45) is -0.00333. The van der Waals surface area contributed by atoms with Crippen molar-refractivity contribution in [2.75, 3.05) is 4.90 Å². The minimum atomic E-state index is -0.893. The van der Waals surface area contributed by atoms with Crippen LogP contribution in [0.5, 0.6) is 11.5 Å². The van der Waals surface area contributed by atoms with Crippen LogP contribution in [-0.2, 0) is 9.59 Å². The smallest absolute Gasteiger partial charge is 0.300 e. The summed E-state index contributed by atoms with van der Waals surface area (Å²) >= 11 is 0. The Hall–Kier alpha value is -4.06. The summed E-state index contributed by atoms with van der Waals surface area (Å²) in [7, 11) is 0. The van der Waals surface area contributed by atoms with Gasteiger partial charge in [0.25, 0.3) is 11.7 Å². The molecule has 1 saturated heterocycles. The third kappa shape index (κ3) is 3.95. The van der Waals surface area contributed by atoms with Crippen molar-refractivity contribution in [3.8, 4) is 11.5 Å². The third-order valence-corrected chi connectivity index (χ3v) is 5.16. The summed E-state index contributed by atoms with van der Waals surface area (Å²) in [5.74, 6) is -1.19. The number of phenols is 1. The van der Waals surface area contributed by atoms with Crippen LogP contribution in [0.3, 0.4) is 0 Å². The molecular weight excluding hydrogens is 406 g/mol. The first-order valence-corrected chi connectivity index (χ1v) is 10.3. The molecule has 1 heterocycles. The van der Waals surface area contributed by atoms with Crippen LogP contribution in [0.2, 0.25) is 0 Å². The first-order valence-electron chi connectivity index (χ1n) is 10.3. The lowest BCUT2D eigenvalue weighted by Gasteiger charge is -2.25. The van der Waals surface area contributed by atoms with Crippen LogP contribution >= 0.6 is 0 Å². The Labute approximate surface area is 186 Å². The lowest BCUT2D eigenvalue weighted by atomic mass is 9.95. The molecule has 0 spiro atoms. The zero-order valence-electron chi connectivity index (χ0n) is 17.7. The van der Waals surface area contributed by atoms with E-state index in [9.17, 15) is 19.8 Å². The van der Waals surface area contributed by atoms with E-state index < -0.39 is 17.7 Å². The second-order valence-corrected chi connectivity index (χ2v) is 7.79. The quantitative estimate of drug-likeness (QED) is 0.345. The summed E-state index contributed by atoms with van der Waals surface area (Å²) in [6, 6.07) is 20.9. The Kier molecular flexibility index (Phi) is 5.69. The first-order chi connectivity index (χ1) is 15.4. The molecule has 0 bridgehead atoms. The second kappa shape index (κ2) is 8.59. The molecule has 32 heavy (non-hydrogen) atoms. The second-order valence-electron chi connectivity index (χ2n) is 7.79. The van der Waals surface area contributed by atoms with Gasteiger partial charge in [-0.2, -0.15) is 0 Å². The van der Waals surface area contributed by atoms with Crippen molar-refractivity contribution in [3.63, 3.8) is 0 Å². The molecule has 3 aromatic carbocycles. The van der Waals surface area contributed by atoms with Gasteiger partial charge < -0.3 is 14.9 Å². The van der Waals surface area contributed by atoms with Crippen LogP contribution in [0.25, 0.3) is 5.76 Å². The number of nitrogens with zero attached hydrogens (tertiary/aromatic N) is 1. The predicted molar refractivity (Wildman–Crippen MR) is 122 cm³/mol. The zero-order chi connectivity index (χ0) is 22.8. The first kappa shape index (κ1) is 21.2. The highest BCUT2D eigenvalue weighted by Gasteiger charge is 2.47. The molecule has 6 heteroatoms. The number of aliphatic hydroxyl groups is 1. The SMILES string of the molecule is CC(C)Oc1ccc(/C(O)=C2/C(=O)C(=O)N(c3ccccc3)C2c2cccc(O)c2)cc1. The number of para-hydroxylation sites is 1. The van der Waals surface area contributed by atoms with Crippen LogP contribution in [0.1, 0.15) is 31.0 Å². The van der Waals surface area contributed by atoms with E-state index in [2.05, 4.69) is 0 Å². The van der Waals surface area contributed by atoms with Crippen LogP contribution in [0.15, 0.2) is 84.4 Å². The van der Waals surface area contributed by atoms with E-state index in [0.29, 0.717) is 22.6 Å². The number of aliphatic hydroxyl groups excluding tert-OH is 1. The van der Waals surface area contributed by atoms with E-state index in [-0.39, 0.29) is 23.2 Å². The van der Waals surface area contributed by atoms with Crippen molar-refractivity contribution in [3.05, 3.63) is 95.6 Å². The minimum Gasteiger partial charge on any atom is -0.508 e. The highest BCUT2D eigenvalue weighted by molar-refractivity contribution is 6.51. The third-order valence-electron chi connectivity index (χ3n) is 5.16. The zero-order valence-corrected chi connectivity index (χ0v) is 17.7. The molecule has 4 rings (SSSR count). The van der Waals surface area contributed by atoms with E-state index in [1.165, 1.54) is 17.0 Å². The number of carbonyl (C=O) groups is 2. The largest absolute Gasteiger partial charge is 0.508 e. The monoisotopic (exact) mass is 429 g/mol. The Balaban J connectivity index is 1.86. The van der Waals surface area contributed by atoms with Gasteiger partial charge in [0.2, 0.25) is 0 Å². The molecule has 0 aromatic heterocycles. The van der Waals surface area contributed by atoms with Gasteiger partial charge in [-0.1, -0.05) is 30.3 Å². The number of amides is 1. The summed E-state index contributed by atoms with van der Waals surface area (Å²) in [4.78, 5) is 27.5. The van der Waals surface area contributed by atoms with E-state index >= 15 is 0 Å². The maximum absolute atomic E-state index is 13.1. The summed E-state index contributed by atoms with van der Waals surface area (Å²) in [5, 5.41) is 21.1. The molecule has 1 aliphatic rings. The van der Waals surface area contributed by atoms with Gasteiger partial charge in [-0.3, -0.25) is 14.5 Å². The molecule has 0 aliphatic carbocycles. The number of benzene rings is 3. The summed E-state index contributed by atoms with van der Waals surface area (Å²) in [5.41, 5.74) is 1.37. The van der Waals surface area contributed by atoms with Crippen LogP contribution in [0, 0.1) is 0 Å². The number of ether oxygens (including phenoxy) is 1. The molecule has 3 aromatic rings. The molecule has 1 amide bonds. The molecule has 2 N–H and O–H groups in total. The van der Waals surface area contributed by atoms with Gasteiger partial charge in [0.15, 0.2) is 0 Å². The van der Waals surface area contributed by atoms with E-state index in [4.69, 9.17) is 4.74 Å². The average molecular weight is 429 g/mol. The van der Waals surface area contributed by atoms with E-state index in [1.54, 1.807) is 60.7 Å². The van der Waals surface area contributed by atoms with Gasteiger partial charge in [0.1, 0.15) is 17.3 Å². The van der Waals surface area contributed by atoms with Crippen LogP contribution < -0.4 is 9.64 Å². The van der Waals surface area contributed by atoms with Crippen LogP contribution in [0.4, 0.5) is 5.69 Å². The van der Waals surface area contributed by atoms with Gasteiger partial charge in [0.05, 0.1) is 17.7 Å². The molecule has 1 fully saturated rings. The number of hydrogen-bond acceptors (Lipinski definition) is 5. The molecular formula is C26H23NO5. The van der Waals surface area contributed by atoms with Crippen molar-refractivity contribution in [1.82, 2.24) is 0 Å². The van der Waals surface area contributed by atoms with Gasteiger partial charge in [0, 0.05) is 11.3 Å². The number of ketones is 1. The highest BCUT2D eigenvalue weighted by atomic mass is 16.5. The Morgan fingerprint density at radius 1 is 0.938 bits per heavy atom. The topological polar surface area (TPSA) is 87.1 Å². The van der Waals surface area contributed by atoms with Gasteiger partial charge in [-0.05, 0) is 67.9 Å². The molecule has 1 atom stereocenters. The number of anilines is 1. The number of carbonyl (C=O) groups excluding carboxylic acids is 2. The molecule has 1 unspecified atom stereocenters. The standard InChI is InChI=1S/C26H23NO5/c1-16(2)32-21-13-11-17(12-14-21)24(29)22-23(18-7-6-10-20(28)15-18)27(26(31)25(22)30)19-8-4-3-5-9-19/h3-16,23,28-29H,1-2H3/b24-22-. The summed E-state index contributed by atoms with van der Waals surface area (Å²) in [6.45, 7) is 3.82. The molecule has 1 aliphatic heterocycles. The highest BCUT2D eigenvalue weighted by Crippen LogP contribution is 2.42. The lowest BCUT2D eigenvalue weighted by Crippen LogP contribution is -2.29.